The molecule has 140 valence electrons. The fraction of sp³-hybridized carbons (Fsp3) is 0.368. The lowest BCUT2D eigenvalue weighted by atomic mass is 10.0. The number of hydrogen-bond acceptors (Lipinski definition) is 7. The van der Waals surface area contributed by atoms with Gasteiger partial charge in [-0.1, -0.05) is 0 Å². The van der Waals surface area contributed by atoms with Crippen molar-refractivity contribution in [3.8, 4) is 17.2 Å². The molecule has 0 bridgehead atoms. The molecule has 1 aromatic carbocycles. The molecule has 0 atom stereocenters. The average molecular weight is 362 g/mol. The van der Waals surface area contributed by atoms with Gasteiger partial charge >= 0.3 is 5.97 Å². The van der Waals surface area contributed by atoms with Gasteiger partial charge in [-0.25, -0.2) is 4.79 Å². The van der Waals surface area contributed by atoms with Gasteiger partial charge < -0.3 is 23.7 Å². The van der Waals surface area contributed by atoms with E-state index in [0.717, 1.165) is 6.42 Å². The van der Waals surface area contributed by atoms with Crippen LogP contribution in [0.5, 0.6) is 17.2 Å². The molecule has 0 unspecified atom stereocenters. The number of ketones is 1. The fourth-order valence-corrected chi connectivity index (χ4v) is 2.49. The van der Waals surface area contributed by atoms with Gasteiger partial charge in [0.1, 0.15) is 22.8 Å². The third-order valence-electron chi connectivity index (χ3n) is 3.85. The molecule has 0 saturated heterocycles. The number of rotatable bonds is 7. The van der Waals surface area contributed by atoms with Crippen molar-refractivity contribution >= 4 is 17.8 Å². The molecular weight excluding hydrogens is 340 g/mol. The minimum absolute atomic E-state index is 0.138. The summed E-state index contributed by atoms with van der Waals surface area (Å²) in [6.45, 7) is 0.432. The zero-order chi connectivity index (χ0) is 19.1. The fourth-order valence-electron chi connectivity index (χ4n) is 2.49. The van der Waals surface area contributed by atoms with Crippen molar-refractivity contribution in [3.63, 3.8) is 0 Å². The van der Waals surface area contributed by atoms with Gasteiger partial charge in [0.05, 0.1) is 40.6 Å². The molecule has 1 aliphatic rings. The summed E-state index contributed by atoms with van der Waals surface area (Å²) in [6.07, 6.45) is 4.59. The molecule has 1 aromatic rings. The first-order valence-corrected chi connectivity index (χ1v) is 8.03. The Morgan fingerprint density at radius 2 is 1.69 bits per heavy atom. The van der Waals surface area contributed by atoms with Crippen LogP contribution in [0.25, 0.3) is 6.08 Å². The quantitative estimate of drug-likeness (QED) is 0.319. The van der Waals surface area contributed by atoms with Crippen molar-refractivity contribution in [2.45, 2.75) is 12.8 Å². The molecule has 0 spiro atoms. The van der Waals surface area contributed by atoms with E-state index < -0.39 is 11.8 Å². The van der Waals surface area contributed by atoms with Crippen molar-refractivity contribution in [1.82, 2.24) is 0 Å². The molecule has 7 heteroatoms. The van der Waals surface area contributed by atoms with Crippen molar-refractivity contribution in [2.75, 3.05) is 35.0 Å². The largest absolute Gasteiger partial charge is 0.496 e. The highest BCUT2D eigenvalue weighted by atomic mass is 16.5. The van der Waals surface area contributed by atoms with Crippen LogP contribution in [0.2, 0.25) is 0 Å². The van der Waals surface area contributed by atoms with Crippen molar-refractivity contribution in [3.05, 3.63) is 35.1 Å². The summed E-state index contributed by atoms with van der Waals surface area (Å²) in [5.74, 6) is 0.101. The zero-order valence-electron chi connectivity index (χ0n) is 15.3. The first-order chi connectivity index (χ1) is 12.5. The summed E-state index contributed by atoms with van der Waals surface area (Å²) in [5.41, 5.74) is 0.239. The molecule has 0 N–H and O–H groups in total. The Hall–Kier alpha value is -2.96. The summed E-state index contributed by atoms with van der Waals surface area (Å²) in [7, 11) is 5.66. The van der Waals surface area contributed by atoms with Crippen LogP contribution in [0.1, 0.15) is 18.4 Å². The summed E-state index contributed by atoms with van der Waals surface area (Å²) in [4.78, 5) is 25.0. The highest BCUT2D eigenvalue weighted by molar-refractivity contribution is 6.26. The third kappa shape index (κ3) is 4.17. The first kappa shape index (κ1) is 19.4. The van der Waals surface area contributed by atoms with Crippen LogP contribution in [-0.2, 0) is 19.1 Å². The van der Waals surface area contributed by atoms with Crippen LogP contribution in [0.15, 0.2) is 29.5 Å². The Kier molecular flexibility index (Phi) is 6.66. The molecule has 7 nitrogen and oxygen atoms in total. The first-order valence-electron chi connectivity index (χ1n) is 8.03. The highest BCUT2D eigenvalue weighted by Crippen LogP contribution is 2.36. The Labute approximate surface area is 152 Å². The van der Waals surface area contributed by atoms with Crippen molar-refractivity contribution in [2.24, 2.45) is 0 Å². The molecule has 2 rings (SSSR count). The number of allylic oxidation sites excluding steroid dienone is 2. The van der Waals surface area contributed by atoms with E-state index in [1.165, 1.54) is 34.5 Å². The number of benzene rings is 1. The lowest BCUT2D eigenvalue weighted by Gasteiger charge is -2.16. The number of hydrogen-bond donors (Lipinski definition) is 0. The number of methoxy groups -OCH3 is 4. The lowest BCUT2D eigenvalue weighted by molar-refractivity contribution is -0.137. The number of esters is 1. The van der Waals surface area contributed by atoms with E-state index >= 15 is 0 Å². The Bertz CT molecular complexity index is 721. The second kappa shape index (κ2) is 8.94. The molecule has 0 fully saturated rings. The Morgan fingerprint density at radius 3 is 2.15 bits per heavy atom. The maximum atomic E-state index is 12.8. The van der Waals surface area contributed by atoms with E-state index in [0.29, 0.717) is 35.8 Å². The number of carbonyl (C=O) groups is 2. The van der Waals surface area contributed by atoms with Gasteiger partial charge in [-0.3, -0.25) is 4.79 Å². The SMILES string of the molecule is COC(=O)/C(=C\c1c(OC)cc(OC)cc1OC)C(=O)C1=CCCCO1. The smallest absolute Gasteiger partial charge is 0.342 e. The van der Waals surface area contributed by atoms with Gasteiger partial charge in [0, 0.05) is 12.1 Å². The van der Waals surface area contributed by atoms with Crippen molar-refractivity contribution in [1.29, 1.82) is 0 Å². The number of carbonyl (C=O) groups excluding carboxylic acids is 2. The molecule has 0 radical (unpaired) electrons. The normalized spacial score (nSPS) is 14.0. The Balaban J connectivity index is 2.58. The molecule has 0 aromatic heterocycles. The van der Waals surface area contributed by atoms with E-state index in [-0.39, 0.29) is 11.3 Å². The number of ether oxygens (including phenoxy) is 5. The van der Waals surface area contributed by atoms with Crippen LogP contribution in [0.3, 0.4) is 0 Å². The molecule has 0 aliphatic carbocycles. The lowest BCUT2D eigenvalue weighted by Crippen LogP contribution is -2.19. The van der Waals surface area contributed by atoms with Crippen LogP contribution in [0.4, 0.5) is 0 Å². The van der Waals surface area contributed by atoms with Gasteiger partial charge in [0.2, 0.25) is 5.78 Å². The minimum atomic E-state index is -0.773. The predicted molar refractivity (Wildman–Crippen MR) is 94.4 cm³/mol. The summed E-state index contributed by atoms with van der Waals surface area (Å²) >= 11 is 0. The Morgan fingerprint density at radius 1 is 1.04 bits per heavy atom. The maximum Gasteiger partial charge on any atom is 0.342 e. The zero-order valence-corrected chi connectivity index (χ0v) is 15.3. The van der Waals surface area contributed by atoms with E-state index in [1.54, 1.807) is 18.2 Å². The van der Waals surface area contributed by atoms with Crippen LogP contribution < -0.4 is 14.2 Å². The predicted octanol–water partition coefficient (Wildman–Crippen LogP) is 2.53. The molecule has 26 heavy (non-hydrogen) atoms. The summed E-state index contributed by atoms with van der Waals surface area (Å²) < 4.78 is 26.1. The molecule has 0 amide bonds. The van der Waals surface area contributed by atoms with Crippen LogP contribution in [0, 0.1) is 0 Å². The maximum absolute atomic E-state index is 12.8. The van der Waals surface area contributed by atoms with E-state index in [4.69, 9.17) is 23.7 Å². The molecular formula is C19H22O7. The van der Waals surface area contributed by atoms with E-state index in [9.17, 15) is 9.59 Å². The number of Topliss-reactive ketones (excluding diaryl/α,β-unsaturated/α-hetero) is 1. The van der Waals surface area contributed by atoms with Gasteiger partial charge in [0.25, 0.3) is 0 Å². The standard InChI is InChI=1S/C19H22O7/c1-22-12-9-16(23-2)13(17(10-12)24-3)11-14(19(21)25-4)18(20)15-7-5-6-8-26-15/h7,9-11H,5-6,8H2,1-4H3/b14-11-. The second-order valence-electron chi connectivity index (χ2n) is 5.38. The van der Waals surface area contributed by atoms with Gasteiger partial charge in [0.15, 0.2) is 5.76 Å². The highest BCUT2D eigenvalue weighted by Gasteiger charge is 2.26. The van der Waals surface area contributed by atoms with Gasteiger partial charge in [-0.2, -0.15) is 0 Å². The third-order valence-corrected chi connectivity index (χ3v) is 3.85. The average Bonchev–Trinajstić information content (AvgIpc) is 2.70. The van der Waals surface area contributed by atoms with Crippen molar-refractivity contribution < 1.29 is 33.3 Å². The molecule has 1 heterocycles. The summed E-state index contributed by atoms with van der Waals surface area (Å²) in [6, 6.07) is 3.26. The molecule has 1 aliphatic heterocycles. The topological polar surface area (TPSA) is 80.3 Å². The minimum Gasteiger partial charge on any atom is -0.496 e. The van der Waals surface area contributed by atoms with E-state index in [2.05, 4.69) is 0 Å². The van der Waals surface area contributed by atoms with Gasteiger partial charge in [-0.15, -0.1) is 0 Å². The summed E-state index contributed by atoms with van der Waals surface area (Å²) in [5, 5.41) is 0. The second-order valence-corrected chi connectivity index (χ2v) is 5.38. The van der Waals surface area contributed by atoms with Crippen LogP contribution in [-0.4, -0.2) is 46.8 Å². The molecule has 0 saturated carbocycles. The van der Waals surface area contributed by atoms with Gasteiger partial charge in [-0.05, 0) is 25.0 Å². The van der Waals surface area contributed by atoms with E-state index in [1.807, 2.05) is 0 Å². The van der Waals surface area contributed by atoms with Crippen LogP contribution >= 0.6 is 0 Å². The monoisotopic (exact) mass is 362 g/mol.